The third-order valence-corrected chi connectivity index (χ3v) is 4.64. The second-order valence-corrected chi connectivity index (χ2v) is 6.43. The molecule has 0 aliphatic carbocycles. The van der Waals surface area contributed by atoms with Crippen LogP contribution in [0.2, 0.25) is 0 Å². The van der Waals surface area contributed by atoms with Gasteiger partial charge in [0.2, 0.25) is 0 Å². The van der Waals surface area contributed by atoms with Crippen molar-refractivity contribution in [2.75, 3.05) is 0 Å². The van der Waals surface area contributed by atoms with Gasteiger partial charge in [-0.3, -0.25) is 0 Å². The van der Waals surface area contributed by atoms with Crippen LogP contribution in [0.3, 0.4) is 0 Å². The van der Waals surface area contributed by atoms with Crippen LogP contribution in [0.1, 0.15) is 17.2 Å². The van der Waals surface area contributed by atoms with Crippen molar-refractivity contribution in [2.45, 2.75) is 12.5 Å². The highest BCUT2D eigenvalue weighted by molar-refractivity contribution is 9.10. The van der Waals surface area contributed by atoms with Crippen LogP contribution in [-0.4, -0.2) is 0 Å². The van der Waals surface area contributed by atoms with Crippen molar-refractivity contribution < 1.29 is 4.74 Å². The zero-order valence-corrected chi connectivity index (χ0v) is 13.6. The van der Waals surface area contributed by atoms with E-state index in [2.05, 4.69) is 82.7 Å². The van der Waals surface area contributed by atoms with Crippen LogP contribution in [0.25, 0.3) is 11.1 Å². The topological polar surface area (TPSA) is 9.23 Å². The number of fused-ring (bicyclic) bond motifs is 3. The summed E-state index contributed by atoms with van der Waals surface area (Å²) < 4.78 is 7.44. The standard InChI is InChI=1S/C20H15BrO/c21-16-11-9-14(10-12-16)20-13-15-5-1-2-6-17(15)18-7-3-4-8-19(18)22-20/h1-12,20H,13H2. The molecule has 0 N–H and O–H groups in total. The Labute approximate surface area is 138 Å². The van der Waals surface area contributed by atoms with E-state index in [0.717, 1.165) is 16.6 Å². The van der Waals surface area contributed by atoms with Crippen molar-refractivity contribution in [1.82, 2.24) is 0 Å². The molecule has 0 bridgehead atoms. The van der Waals surface area contributed by atoms with E-state index in [4.69, 9.17) is 4.74 Å². The highest BCUT2D eigenvalue weighted by Gasteiger charge is 2.22. The Morgan fingerprint density at radius 3 is 2.27 bits per heavy atom. The minimum absolute atomic E-state index is 0.0397. The molecule has 0 saturated carbocycles. The second-order valence-electron chi connectivity index (χ2n) is 5.52. The summed E-state index contributed by atoms with van der Waals surface area (Å²) in [6.45, 7) is 0. The van der Waals surface area contributed by atoms with Gasteiger partial charge in [0, 0.05) is 16.5 Å². The van der Waals surface area contributed by atoms with E-state index in [1.54, 1.807) is 0 Å². The van der Waals surface area contributed by atoms with Crippen molar-refractivity contribution >= 4 is 15.9 Å². The van der Waals surface area contributed by atoms with Crippen LogP contribution >= 0.6 is 15.9 Å². The van der Waals surface area contributed by atoms with Gasteiger partial charge >= 0.3 is 0 Å². The number of hydrogen-bond acceptors (Lipinski definition) is 1. The van der Waals surface area contributed by atoms with Crippen molar-refractivity contribution in [3.05, 3.63) is 88.4 Å². The van der Waals surface area contributed by atoms with Crippen molar-refractivity contribution in [1.29, 1.82) is 0 Å². The highest BCUT2D eigenvalue weighted by atomic mass is 79.9. The summed E-state index contributed by atoms with van der Waals surface area (Å²) >= 11 is 3.50. The smallest absolute Gasteiger partial charge is 0.128 e. The van der Waals surface area contributed by atoms with E-state index < -0.39 is 0 Å². The number of benzene rings is 3. The Morgan fingerprint density at radius 2 is 1.45 bits per heavy atom. The second kappa shape index (κ2) is 5.62. The van der Waals surface area contributed by atoms with Gasteiger partial charge in [0.1, 0.15) is 11.9 Å². The van der Waals surface area contributed by atoms with Crippen LogP contribution in [0, 0.1) is 0 Å². The lowest BCUT2D eigenvalue weighted by atomic mass is 9.95. The molecule has 0 spiro atoms. The van der Waals surface area contributed by atoms with Gasteiger partial charge in [-0.05, 0) is 34.9 Å². The molecule has 4 rings (SSSR count). The Balaban J connectivity index is 1.84. The maximum atomic E-state index is 6.35. The fourth-order valence-corrected chi connectivity index (χ4v) is 3.28. The normalized spacial score (nSPS) is 16.1. The first-order valence-corrected chi connectivity index (χ1v) is 8.20. The van der Waals surface area contributed by atoms with Crippen LogP contribution < -0.4 is 4.74 Å². The first-order chi connectivity index (χ1) is 10.8. The molecule has 0 aromatic heterocycles. The zero-order chi connectivity index (χ0) is 14.9. The Kier molecular flexibility index (Phi) is 3.47. The molecule has 22 heavy (non-hydrogen) atoms. The molecule has 108 valence electrons. The molecule has 1 nitrogen and oxygen atoms in total. The number of para-hydroxylation sites is 1. The Hall–Kier alpha value is -2.06. The first-order valence-electron chi connectivity index (χ1n) is 7.41. The average Bonchev–Trinajstić information content (AvgIpc) is 2.72. The summed E-state index contributed by atoms with van der Waals surface area (Å²) in [6.07, 6.45) is 0.921. The fourth-order valence-electron chi connectivity index (χ4n) is 3.01. The molecular weight excluding hydrogens is 336 g/mol. The van der Waals surface area contributed by atoms with E-state index in [0.29, 0.717) is 0 Å². The summed E-state index contributed by atoms with van der Waals surface area (Å²) in [5.41, 5.74) is 4.99. The lowest BCUT2D eigenvalue weighted by Crippen LogP contribution is -2.09. The summed E-state index contributed by atoms with van der Waals surface area (Å²) in [6, 6.07) is 25.3. The quantitative estimate of drug-likeness (QED) is 0.539. The zero-order valence-electron chi connectivity index (χ0n) is 12.0. The average molecular weight is 351 g/mol. The summed E-state index contributed by atoms with van der Waals surface area (Å²) in [5, 5.41) is 0. The summed E-state index contributed by atoms with van der Waals surface area (Å²) in [5.74, 6) is 0.959. The minimum atomic E-state index is 0.0397. The SMILES string of the molecule is Brc1ccc(C2Cc3ccccc3-c3ccccc3O2)cc1. The third kappa shape index (κ3) is 2.44. The number of ether oxygens (including phenoxy) is 1. The molecule has 3 aromatic carbocycles. The number of hydrogen-bond donors (Lipinski definition) is 0. The molecule has 0 amide bonds. The first kappa shape index (κ1) is 13.6. The van der Waals surface area contributed by atoms with Crippen molar-refractivity contribution in [3.63, 3.8) is 0 Å². The summed E-state index contributed by atoms with van der Waals surface area (Å²) in [7, 11) is 0. The molecule has 1 atom stereocenters. The van der Waals surface area contributed by atoms with E-state index >= 15 is 0 Å². The van der Waals surface area contributed by atoms with E-state index in [-0.39, 0.29) is 6.10 Å². The van der Waals surface area contributed by atoms with Crippen LogP contribution in [0.15, 0.2) is 77.3 Å². The molecule has 1 aliphatic rings. The molecule has 0 radical (unpaired) electrons. The maximum Gasteiger partial charge on any atom is 0.128 e. The minimum Gasteiger partial charge on any atom is -0.485 e. The van der Waals surface area contributed by atoms with Gasteiger partial charge in [-0.25, -0.2) is 0 Å². The van der Waals surface area contributed by atoms with Crippen LogP contribution in [0.5, 0.6) is 5.75 Å². The summed E-state index contributed by atoms with van der Waals surface area (Å²) in [4.78, 5) is 0. The predicted molar refractivity (Wildman–Crippen MR) is 93.1 cm³/mol. The Bertz CT molecular complexity index is 760. The van der Waals surface area contributed by atoms with Gasteiger partial charge in [0.05, 0.1) is 0 Å². The molecule has 0 fully saturated rings. The van der Waals surface area contributed by atoms with Crippen molar-refractivity contribution in [2.24, 2.45) is 0 Å². The van der Waals surface area contributed by atoms with Gasteiger partial charge in [-0.2, -0.15) is 0 Å². The molecular formula is C20H15BrO. The molecule has 1 heterocycles. The number of halogens is 1. The molecule has 3 aromatic rings. The van der Waals surface area contributed by atoms with E-state index in [1.807, 2.05) is 6.07 Å². The molecule has 0 saturated heterocycles. The van der Waals surface area contributed by atoms with Gasteiger partial charge in [0.15, 0.2) is 0 Å². The van der Waals surface area contributed by atoms with Crippen LogP contribution in [0.4, 0.5) is 0 Å². The van der Waals surface area contributed by atoms with Gasteiger partial charge in [-0.1, -0.05) is 70.5 Å². The van der Waals surface area contributed by atoms with Gasteiger partial charge in [-0.15, -0.1) is 0 Å². The van der Waals surface area contributed by atoms with Gasteiger partial charge < -0.3 is 4.74 Å². The monoisotopic (exact) mass is 350 g/mol. The fraction of sp³-hybridized carbons (Fsp3) is 0.100. The number of rotatable bonds is 1. The highest BCUT2D eigenvalue weighted by Crippen LogP contribution is 2.40. The maximum absolute atomic E-state index is 6.35. The van der Waals surface area contributed by atoms with E-state index in [1.165, 1.54) is 22.3 Å². The molecule has 1 unspecified atom stereocenters. The van der Waals surface area contributed by atoms with Gasteiger partial charge in [0.25, 0.3) is 0 Å². The largest absolute Gasteiger partial charge is 0.485 e. The predicted octanol–water partition coefficient (Wildman–Crippen LogP) is 5.79. The van der Waals surface area contributed by atoms with E-state index in [9.17, 15) is 0 Å². The molecule has 1 aliphatic heterocycles. The lowest BCUT2D eigenvalue weighted by molar-refractivity contribution is 0.210. The van der Waals surface area contributed by atoms with Crippen LogP contribution in [-0.2, 0) is 6.42 Å². The van der Waals surface area contributed by atoms with Crippen molar-refractivity contribution in [3.8, 4) is 16.9 Å². The Morgan fingerprint density at radius 1 is 0.773 bits per heavy atom. The molecule has 2 heteroatoms. The third-order valence-electron chi connectivity index (χ3n) is 4.11. The lowest BCUT2D eigenvalue weighted by Gasteiger charge is -2.18.